The van der Waals surface area contributed by atoms with Gasteiger partial charge in [-0.05, 0) is 31.9 Å². The van der Waals surface area contributed by atoms with Gasteiger partial charge in [0.25, 0.3) is 0 Å². The van der Waals surface area contributed by atoms with Crippen LogP contribution < -0.4 is 4.74 Å². The Morgan fingerprint density at radius 3 is 2.54 bits per heavy atom. The number of halogens is 1. The van der Waals surface area contributed by atoms with Gasteiger partial charge >= 0.3 is 6.01 Å². The van der Waals surface area contributed by atoms with Gasteiger partial charge in [0.05, 0.1) is 28.9 Å². The molecule has 0 spiro atoms. The Bertz CT molecular complexity index is 794. The first-order chi connectivity index (χ1) is 11.4. The van der Waals surface area contributed by atoms with Crippen molar-refractivity contribution in [2.75, 3.05) is 13.1 Å². The summed E-state index contributed by atoms with van der Waals surface area (Å²) in [6.45, 7) is 2.69. The molecule has 0 bridgehead atoms. The molecule has 6 nitrogen and oxygen atoms in total. The van der Waals surface area contributed by atoms with Crippen molar-refractivity contribution in [1.82, 2.24) is 14.3 Å². The number of nitrogens with zero attached hydrogens (tertiary/aromatic N) is 3. The zero-order valence-electron chi connectivity index (χ0n) is 13.2. The molecule has 1 aliphatic heterocycles. The lowest BCUT2D eigenvalue weighted by atomic mass is 10.1. The lowest BCUT2D eigenvalue weighted by molar-refractivity contribution is 0.119. The van der Waals surface area contributed by atoms with Gasteiger partial charge in [-0.1, -0.05) is 29.3 Å². The summed E-state index contributed by atoms with van der Waals surface area (Å²) >= 11 is 5.75. The molecule has 0 saturated carbocycles. The second kappa shape index (κ2) is 7.04. The quantitative estimate of drug-likeness (QED) is 0.830. The van der Waals surface area contributed by atoms with Crippen molar-refractivity contribution in [3.63, 3.8) is 0 Å². The van der Waals surface area contributed by atoms with Gasteiger partial charge in [0.1, 0.15) is 6.10 Å². The third-order valence-corrected chi connectivity index (χ3v) is 5.94. The molecule has 24 heavy (non-hydrogen) atoms. The molecule has 1 atom stereocenters. The minimum Gasteiger partial charge on any atom is -0.459 e. The number of aryl methyl sites for hydroxylation is 1. The number of piperidine rings is 1. The van der Waals surface area contributed by atoms with Crippen LogP contribution in [0.25, 0.3) is 0 Å². The van der Waals surface area contributed by atoms with Crippen molar-refractivity contribution in [2.45, 2.75) is 30.8 Å². The number of benzene rings is 1. The Labute approximate surface area is 146 Å². The second-order valence-electron chi connectivity index (χ2n) is 5.74. The fourth-order valence-corrected chi connectivity index (χ4v) is 4.20. The van der Waals surface area contributed by atoms with E-state index in [1.54, 1.807) is 24.3 Å². The highest BCUT2D eigenvalue weighted by Gasteiger charge is 2.31. The summed E-state index contributed by atoms with van der Waals surface area (Å²) in [7, 11) is -3.52. The summed E-state index contributed by atoms with van der Waals surface area (Å²) in [4.78, 5) is 8.29. The standard InChI is InChI=1S/C16H18ClN3O3S/c1-12-4-6-15(7-5-12)24(21,22)20-8-2-3-14(11-20)23-16-18-9-13(17)10-19-16/h4-7,9-10,14H,2-3,8,11H2,1H3. The maximum absolute atomic E-state index is 12.8. The topological polar surface area (TPSA) is 72.4 Å². The monoisotopic (exact) mass is 367 g/mol. The Hall–Kier alpha value is -1.70. The molecule has 2 heterocycles. The third-order valence-electron chi connectivity index (χ3n) is 3.87. The van der Waals surface area contributed by atoms with E-state index in [4.69, 9.17) is 16.3 Å². The van der Waals surface area contributed by atoms with E-state index in [0.717, 1.165) is 18.4 Å². The molecule has 0 N–H and O–H groups in total. The average Bonchev–Trinajstić information content (AvgIpc) is 2.58. The summed E-state index contributed by atoms with van der Waals surface area (Å²) in [6, 6.07) is 7.08. The van der Waals surface area contributed by atoms with E-state index in [2.05, 4.69) is 9.97 Å². The van der Waals surface area contributed by atoms with Crippen molar-refractivity contribution in [1.29, 1.82) is 0 Å². The molecule has 8 heteroatoms. The normalized spacial score (nSPS) is 19.2. The van der Waals surface area contributed by atoms with Gasteiger partial charge in [0.15, 0.2) is 0 Å². The van der Waals surface area contributed by atoms with Crippen LogP contribution in [0.1, 0.15) is 18.4 Å². The lowest BCUT2D eigenvalue weighted by Crippen LogP contribution is -2.44. The van der Waals surface area contributed by atoms with Gasteiger partial charge < -0.3 is 4.74 Å². The van der Waals surface area contributed by atoms with E-state index in [0.29, 0.717) is 16.5 Å². The Morgan fingerprint density at radius 2 is 1.88 bits per heavy atom. The zero-order chi connectivity index (χ0) is 17.2. The summed E-state index contributed by atoms with van der Waals surface area (Å²) in [5.74, 6) is 0. The van der Waals surface area contributed by atoms with Crippen molar-refractivity contribution in [2.24, 2.45) is 0 Å². The van der Waals surface area contributed by atoms with Crippen LogP contribution in [-0.2, 0) is 10.0 Å². The predicted octanol–water partition coefficient (Wildman–Crippen LogP) is 2.67. The number of rotatable bonds is 4. The Morgan fingerprint density at radius 1 is 1.21 bits per heavy atom. The van der Waals surface area contributed by atoms with Crippen LogP contribution in [0.2, 0.25) is 5.02 Å². The fraction of sp³-hybridized carbons (Fsp3) is 0.375. The van der Waals surface area contributed by atoms with E-state index in [-0.39, 0.29) is 18.7 Å². The van der Waals surface area contributed by atoms with Gasteiger partial charge in [-0.15, -0.1) is 0 Å². The second-order valence-corrected chi connectivity index (χ2v) is 8.12. The molecule has 1 aromatic heterocycles. The maximum atomic E-state index is 12.8. The summed E-state index contributed by atoms with van der Waals surface area (Å²) in [5, 5.41) is 0.426. The van der Waals surface area contributed by atoms with Crippen LogP contribution in [0.15, 0.2) is 41.6 Å². The molecule has 1 aromatic carbocycles. The van der Waals surface area contributed by atoms with Crippen LogP contribution in [0.5, 0.6) is 6.01 Å². The van der Waals surface area contributed by atoms with Crippen molar-refractivity contribution >= 4 is 21.6 Å². The van der Waals surface area contributed by atoms with Gasteiger partial charge in [0.2, 0.25) is 10.0 Å². The maximum Gasteiger partial charge on any atom is 0.316 e. The molecular formula is C16H18ClN3O3S. The SMILES string of the molecule is Cc1ccc(S(=O)(=O)N2CCCC(Oc3ncc(Cl)cn3)C2)cc1. The minimum atomic E-state index is -3.52. The van der Waals surface area contributed by atoms with Gasteiger partial charge in [-0.3, -0.25) is 0 Å². The van der Waals surface area contributed by atoms with Crippen LogP contribution in [0.3, 0.4) is 0 Å². The Balaban J connectivity index is 1.72. The van der Waals surface area contributed by atoms with Gasteiger partial charge in [0, 0.05) is 6.54 Å². The lowest BCUT2D eigenvalue weighted by Gasteiger charge is -2.31. The highest BCUT2D eigenvalue weighted by molar-refractivity contribution is 7.89. The summed E-state index contributed by atoms with van der Waals surface area (Å²) < 4.78 is 32.7. The molecule has 1 unspecified atom stereocenters. The van der Waals surface area contributed by atoms with E-state index >= 15 is 0 Å². The molecule has 128 valence electrons. The van der Waals surface area contributed by atoms with E-state index in [1.165, 1.54) is 16.7 Å². The van der Waals surface area contributed by atoms with E-state index < -0.39 is 10.0 Å². The predicted molar refractivity (Wildman–Crippen MR) is 90.6 cm³/mol. The van der Waals surface area contributed by atoms with Crippen molar-refractivity contribution < 1.29 is 13.2 Å². The molecule has 3 rings (SSSR count). The smallest absolute Gasteiger partial charge is 0.316 e. The Kier molecular flexibility index (Phi) is 5.03. The number of ether oxygens (including phenoxy) is 1. The molecule has 1 saturated heterocycles. The number of sulfonamides is 1. The van der Waals surface area contributed by atoms with Crippen molar-refractivity contribution in [3.8, 4) is 6.01 Å². The van der Waals surface area contributed by atoms with E-state index in [1.807, 2.05) is 6.92 Å². The molecule has 0 aliphatic carbocycles. The number of aromatic nitrogens is 2. The van der Waals surface area contributed by atoms with Crippen molar-refractivity contribution in [3.05, 3.63) is 47.2 Å². The highest BCUT2D eigenvalue weighted by atomic mass is 35.5. The van der Waals surface area contributed by atoms with Crippen LogP contribution in [-0.4, -0.2) is 41.9 Å². The molecular weight excluding hydrogens is 350 g/mol. The number of hydrogen-bond acceptors (Lipinski definition) is 5. The first-order valence-corrected chi connectivity index (χ1v) is 9.48. The summed E-state index contributed by atoms with van der Waals surface area (Å²) in [5.41, 5.74) is 1.02. The average molecular weight is 368 g/mol. The van der Waals surface area contributed by atoms with Gasteiger partial charge in [-0.25, -0.2) is 18.4 Å². The molecule has 1 aliphatic rings. The first kappa shape index (κ1) is 17.1. The van der Waals surface area contributed by atoms with Crippen LogP contribution in [0.4, 0.5) is 0 Å². The van der Waals surface area contributed by atoms with Crippen LogP contribution >= 0.6 is 11.6 Å². The largest absolute Gasteiger partial charge is 0.459 e. The number of hydrogen-bond donors (Lipinski definition) is 0. The van der Waals surface area contributed by atoms with E-state index in [9.17, 15) is 8.42 Å². The first-order valence-electron chi connectivity index (χ1n) is 7.66. The fourth-order valence-electron chi connectivity index (χ4n) is 2.59. The summed E-state index contributed by atoms with van der Waals surface area (Å²) in [6.07, 6.45) is 4.11. The zero-order valence-corrected chi connectivity index (χ0v) is 14.8. The van der Waals surface area contributed by atoms with Gasteiger partial charge in [-0.2, -0.15) is 4.31 Å². The molecule has 0 radical (unpaired) electrons. The molecule has 1 fully saturated rings. The highest BCUT2D eigenvalue weighted by Crippen LogP contribution is 2.23. The third kappa shape index (κ3) is 3.85. The molecule has 2 aromatic rings. The van der Waals surface area contributed by atoms with Crippen LogP contribution in [0, 0.1) is 6.92 Å². The molecule has 0 amide bonds. The minimum absolute atomic E-state index is 0.207.